The van der Waals surface area contributed by atoms with Crippen molar-refractivity contribution in [2.45, 2.75) is 31.1 Å². The van der Waals surface area contributed by atoms with E-state index in [0.717, 1.165) is 24.1 Å². The first-order valence-corrected chi connectivity index (χ1v) is 13.1. The van der Waals surface area contributed by atoms with Crippen LogP contribution in [0.4, 0.5) is 5.69 Å². The molecular formula is C25H33N3O4S. The van der Waals surface area contributed by atoms with Gasteiger partial charge < -0.3 is 14.5 Å². The van der Waals surface area contributed by atoms with Gasteiger partial charge in [0.05, 0.1) is 24.1 Å². The Balaban J connectivity index is 1.47. The zero-order valence-electron chi connectivity index (χ0n) is 19.4. The highest BCUT2D eigenvalue weighted by Gasteiger charge is 2.30. The smallest absolute Gasteiger partial charge is 0.243 e. The lowest BCUT2D eigenvalue weighted by Crippen LogP contribution is -2.49. The Bertz CT molecular complexity index is 1070. The predicted octanol–water partition coefficient (Wildman–Crippen LogP) is 3.01. The van der Waals surface area contributed by atoms with Crippen molar-refractivity contribution in [3.63, 3.8) is 0 Å². The average molecular weight is 472 g/mol. The zero-order chi connectivity index (χ0) is 23.4. The molecule has 0 aromatic heterocycles. The normalized spacial score (nSPS) is 20.0. The van der Waals surface area contributed by atoms with Gasteiger partial charge in [0.2, 0.25) is 15.9 Å². The molecule has 1 atom stereocenters. The number of piperazine rings is 1. The molecule has 2 aliphatic rings. The summed E-state index contributed by atoms with van der Waals surface area (Å²) in [6, 6.07) is 14.9. The molecule has 0 saturated carbocycles. The second-order valence-electron chi connectivity index (χ2n) is 8.97. The fraction of sp³-hybridized carbons (Fsp3) is 0.480. The lowest BCUT2D eigenvalue weighted by atomic mass is 10.0. The maximum atomic E-state index is 13.3. The number of amides is 1. The fourth-order valence-electron chi connectivity index (χ4n) is 4.67. The summed E-state index contributed by atoms with van der Waals surface area (Å²) in [6.07, 6.45) is 2.35. The summed E-state index contributed by atoms with van der Waals surface area (Å²) in [7, 11) is -1.96. The molecule has 33 heavy (non-hydrogen) atoms. The quantitative estimate of drug-likeness (QED) is 0.648. The van der Waals surface area contributed by atoms with Crippen LogP contribution in [-0.4, -0.2) is 69.9 Å². The highest BCUT2D eigenvalue weighted by molar-refractivity contribution is 7.89. The number of ether oxygens (including phenoxy) is 1. The standard InChI is InChI=1S/C25H33N3O4S/c1-20-7-6-12-28(19-20)33(30,31)22-10-11-24(32-2)23(18-22)26-13-15-27(16-14-26)25(29)17-21-8-4-3-5-9-21/h3-5,8-11,18,20H,6-7,12-17,19H2,1-2H3. The summed E-state index contributed by atoms with van der Waals surface area (Å²) < 4.78 is 33.7. The number of carbonyl (C=O) groups excluding carboxylic acids is 1. The van der Waals surface area contributed by atoms with Crippen LogP contribution in [0.1, 0.15) is 25.3 Å². The zero-order valence-corrected chi connectivity index (χ0v) is 20.3. The molecule has 0 aliphatic carbocycles. The molecule has 2 aliphatic heterocycles. The molecule has 178 valence electrons. The van der Waals surface area contributed by atoms with Gasteiger partial charge in [-0.25, -0.2) is 8.42 Å². The van der Waals surface area contributed by atoms with Crippen molar-refractivity contribution in [2.75, 3.05) is 51.3 Å². The molecular weight excluding hydrogens is 438 g/mol. The van der Waals surface area contributed by atoms with Crippen LogP contribution in [0.3, 0.4) is 0 Å². The Morgan fingerprint density at radius 2 is 1.76 bits per heavy atom. The average Bonchev–Trinajstić information content (AvgIpc) is 2.84. The minimum Gasteiger partial charge on any atom is -0.495 e. The largest absolute Gasteiger partial charge is 0.495 e. The van der Waals surface area contributed by atoms with Gasteiger partial charge in [-0.05, 0) is 42.5 Å². The van der Waals surface area contributed by atoms with Crippen LogP contribution >= 0.6 is 0 Å². The molecule has 0 bridgehead atoms. The molecule has 0 N–H and O–H groups in total. The van der Waals surface area contributed by atoms with Crippen LogP contribution < -0.4 is 9.64 Å². The van der Waals surface area contributed by atoms with Crippen LogP contribution in [0, 0.1) is 5.92 Å². The van der Waals surface area contributed by atoms with Gasteiger partial charge >= 0.3 is 0 Å². The third kappa shape index (κ3) is 5.33. The number of benzene rings is 2. The van der Waals surface area contributed by atoms with E-state index in [1.807, 2.05) is 35.2 Å². The van der Waals surface area contributed by atoms with Gasteiger partial charge in [-0.2, -0.15) is 4.31 Å². The minimum atomic E-state index is -3.55. The molecule has 2 heterocycles. The number of carbonyl (C=O) groups is 1. The molecule has 2 aromatic rings. The third-order valence-electron chi connectivity index (χ3n) is 6.58. The Morgan fingerprint density at radius 3 is 2.42 bits per heavy atom. The van der Waals surface area contributed by atoms with Crippen molar-refractivity contribution < 1.29 is 17.9 Å². The first kappa shape index (κ1) is 23.6. The van der Waals surface area contributed by atoms with Crippen LogP contribution in [0.2, 0.25) is 0 Å². The van der Waals surface area contributed by atoms with Gasteiger partial charge in [0.25, 0.3) is 0 Å². The summed E-state index contributed by atoms with van der Waals surface area (Å²) in [4.78, 5) is 17.0. The SMILES string of the molecule is COc1ccc(S(=O)(=O)N2CCCC(C)C2)cc1N1CCN(C(=O)Cc2ccccc2)CC1. The maximum Gasteiger partial charge on any atom is 0.243 e. The maximum absolute atomic E-state index is 13.3. The van der Waals surface area contributed by atoms with Gasteiger partial charge in [0.1, 0.15) is 5.75 Å². The number of anilines is 1. The number of rotatable bonds is 6. The molecule has 0 radical (unpaired) electrons. The number of hydrogen-bond donors (Lipinski definition) is 0. The number of sulfonamides is 1. The van der Waals surface area contributed by atoms with E-state index in [1.54, 1.807) is 29.6 Å². The number of piperidine rings is 1. The van der Waals surface area contributed by atoms with Gasteiger partial charge in [-0.1, -0.05) is 37.3 Å². The molecule has 1 unspecified atom stereocenters. The van der Waals surface area contributed by atoms with Gasteiger partial charge in [0.15, 0.2) is 0 Å². The molecule has 2 fully saturated rings. The number of hydrogen-bond acceptors (Lipinski definition) is 5. The number of methoxy groups -OCH3 is 1. The van der Waals surface area contributed by atoms with E-state index in [1.165, 1.54) is 0 Å². The second-order valence-corrected chi connectivity index (χ2v) is 10.9. The van der Waals surface area contributed by atoms with Gasteiger partial charge in [-0.15, -0.1) is 0 Å². The molecule has 4 rings (SSSR count). The summed E-state index contributed by atoms with van der Waals surface area (Å²) in [5.74, 6) is 1.13. The summed E-state index contributed by atoms with van der Waals surface area (Å²) in [5.41, 5.74) is 1.77. The van der Waals surface area contributed by atoms with E-state index < -0.39 is 10.0 Å². The highest BCUT2D eigenvalue weighted by atomic mass is 32.2. The lowest BCUT2D eigenvalue weighted by Gasteiger charge is -2.37. The molecule has 8 heteroatoms. The fourth-order valence-corrected chi connectivity index (χ4v) is 6.29. The van der Waals surface area contributed by atoms with E-state index in [-0.39, 0.29) is 5.91 Å². The molecule has 7 nitrogen and oxygen atoms in total. The molecule has 2 aromatic carbocycles. The summed E-state index contributed by atoms with van der Waals surface area (Å²) in [5, 5.41) is 0. The van der Waals surface area contributed by atoms with Gasteiger partial charge in [-0.3, -0.25) is 4.79 Å². The van der Waals surface area contributed by atoms with E-state index in [4.69, 9.17) is 4.74 Å². The van der Waals surface area contributed by atoms with Crippen molar-refractivity contribution in [3.8, 4) is 5.75 Å². The molecule has 0 spiro atoms. The Labute approximate surface area is 197 Å². The van der Waals surface area contributed by atoms with Crippen molar-refractivity contribution in [1.29, 1.82) is 0 Å². The number of nitrogens with zero attached hydrogens (tertiary/aromatic N) is 3. The van der Waals surface area contributed by atoms with Crippen LogP contribution in [0.5, 0.6) is 5.75 Å². The third-order valence-corrected chi connectivity index (χ3v) is 8.44. The van der Waals surface area contributed by atoms with Crippen molar-refractivity contribution in [3.05, 3.63) is 54.1 Å². The van der Waals surface area contributed by atoms with E-state index >= 15 is 0 Å². The second kappa shape index (κ2) is 10.1. The lowest BCUT2D eigenvalue weighted by molar-refractivity contribution is -0.130. The van der Waals surface area contributed by atoms with Crippen LogP contribution in [0.25, 0.3) is 0 Å². The Hall–Kier alpha value is -2.58. The van der Waals surface area contributed by atoms with Crippen molar-refractivity contribution in [2.24, 2.45) is 5.92 Å². The van der Waals surface area contributed by atoms with Crippen molar-refractivity contribution >= 4 is 21.6 Å². The first-order chi connectivity index (χ1) is 15.9. The summed E-state index contributed by atoms with van der Waals surface area (Å²) >= 11 is 0. The van der Waals surface area contributed by atoms with Crippen LogP contribution in [-0.2, 0) is 21.2 Å². The highest BCUT2D eigenvalue weighted by Crippen LogP contribution is 2.33. The van der Waals surface area contributed by atoms with Crippen molar-refractivity contribution in [1.82, 2.24) is 9.21 Å². The molecule has 2 saturated heterocycles. The molecule has 1 amide bonds. The van der Waals surface area contributed by atoms with E-state index in [0.29, 0.717) is 62.3 Å². The monoisotopic (exact) mass is 471 g/mol. The Kier molecular flexibility index (Phi) is 7.24. The first-order valence-electron chi connectivity index (χ1n) is 11.6. The topological polar surface area (TPSA) is 70.2 Å². The predicted molar refractivity (Wildman–Crippen MR) is 129 cm³/mol. The van der Waals surface area contributed by atoms with Crippen LogP contribution in [0.15, 0.2) is 53.4 Å². The minimum absolute atomic E-state index is 0.114. The van der Waals surface area contributed by atoms with E-state index in [2.05, 4.69) is 11.8 Å². The van der Waals surface area contributed by atoms with E-state index in [9.17, 15) is 13.2 Å². The Morgan fingerprint density at radius 1 is 1.03 bits per heavy atom. The van der Waals surface area contributed by atoms with Gasteiger partial charge in [0, 0.05) is 39.3 Å². The summed E-state index contributed by atoms with van der Waals surface area (Å²) in [6.45, 7) is 5.66.